The van der Waals surface area contributed by atoms with Gasteiger partial charge >= 0.3 is 6.29 Å². The average molecular weight is 598 g/mol. The van der Waals surface area contributed by atoms with Gasteiger partial charge in [0.2, 0.25) is 5.16 Å². The fourth-order valence-corrected chi connectivity index (χ4v) is 5.22. The molecule has 0 fully saturated rings. The number of aromatic nitrogens is 6. The number of nitrogens with one attached hydrogen (secondary N) is 2. The average Bonchev–Trinajstić information content (AvgIpc) is 3.68. The van der Waals surface area contributed by atoms with E-state index in [1.165, 1.54) is 36.0 Å². The van der Waals surface area contributed by atoms with E-state index in [0.717, 1.165) is 28.2 Å². The number of anilines is 2. The number of carbonyl (C=O) groups is 1. The Bertz CT molecular complexity index is 2010. The number of allylic oxidation sites excluding steroid dienone is 1. The molecular formula is C30H21F2N7O3S. The molecule has 3 aromatic carbocycles. The van der Waals surface area contributed by atoms with Gasteiger partial charge in [0.05, 0.1) is 16.8 Å². The zero-order chi connectivity index (χ0) is 29.6. The summed E-state index contributed by atoms with van der Waals surface area (Å²) in [6, 6.07) is 21.0. The van der Waals surface area contributed by atoms with Gasteiger partial charge in [0.25, 0.3) is 5.78 Å². The second-order valence-corrected chi connectivity index (χ2v) is 10.6. The van der Waals surface area contributed by atoms with E-state index in [9.17, 15) is 13.6 Å². The summed E-state index contributed by atoms with van der Waals surface area (Å²) in [4.78, 5) is 29.7. The number of hydrogen-bond donors (Lipinski definition) is 2. The molecular weight excluding hydrogens is 576 g/mol. The van der Waals surface area contributed by atoms with Gasteiger partial charge in [-0.15, -0.1) is 13.9 Å². The maximum absolute atomic E-state index is 13.3. The number of imidazole rings is 1. The maximum atomic E-state index is 13.3. The van der Waals surface area contributed by atoms with E-state index in [0.29, 0.717) is 33.6 Å². The number of aryl methyl sites for hydroxylation is 1. The molecule has 43 heavy (non-hydrogen) atoms. The molecule has 0 spiro atoms. The van der Waals surface area contributed by atoms with Crippen LogP contribution in [0.1, 0.15) is 27.4 Å². The minimum Gasteiger partial charge on any atom is -0.395 e. The van der Waals surface area contributed by atoms with Crippen molar-refractivity contribution in [2.24, 2.45) is 0 Å². The van der Waals surface area contributed by atoms with Crippen molar-refractivity contribution in [3.8, 4) is 11.5 Å². The Kier molecular flexibility index (Phi) is 6.50. The lowest BCUT2D eigenvalue weighted by Crippen LogP contribution is -2.25. The summed E-state index contributed by atoms with van der Waals surface area (Å²) in [5.41, 5.74) is 4.36. The molecule has 0 amide bonds. The lowest BCUT2D eigenvalue weighted by Gasteiger charge is -2.09. The number of fused-ring (bicyclic) bond motifs is 3. The third-order valence-electron chi connectivity index (χ3n) is 6.49. The number of alkyl halides is 2. The van der Waals surface area contributed by atoms with E-state index < -0.39 is 6.29 Å². The summed E-state index contributed by atoms with van der Waals surface area (Å²) in [5.74, 6) is 2.14. The van der Waals surface area contributed by atoms with E-state index >= 15 is 0 Å². The van der Waals surface area contributed by atoms with Crippen molar-refractivity contribution in [1.29, 1.82) is 0 Å². The fraction of sp³-hybridized carbons (Fsp3) is 0.100. The molecule has 4 heterocycles. The third-order valence-corrected chi connectivity index (χ3v) is 7.34. The van der Waals surface area contributed by atoms with Crippen LogP contribution in [0.3, 0.4) is 0 Å². The highest BCUT2D eigenvalue weighted by molar-refractivity contribution is 7.98. The lowest BCUT2D eigenvalue weighted by molar-refractivity contribution is -0.286. The molecule has 10 nitrogen and oxygen atoms in total. The van der Waals surface area contributed by atoms with Crippen LogP contribution in [0, 0.1) is 6.92 Å². The van der Waals surface area contributed by atoms with Crippen molar-refractivity contribution in [3.63, 3.8) is 0 Å². The summed E-state index contributed by atoms with van der Waals surface area (Å²) in [6.07, 6.45) is -0.796. The highest BCUT2D eigenvalue weighted by atomic mass is 32.2. The number of nitrogens with zero attached hydrogens (tertiary/aromatic N) is 5. The van der Waals surface area contributed by atoms with Gasteiger partial charge < -0.3 is 19.8 Å². The maximum Gasteiger partial charge on any atom is 0.586 e. The van der Waals surface area contributed by atoms with Gasteiger partial charge in [0.15, 0.2) is 17.3 Å². The smallest absolute Gasteiger partial charge is 0.395 e. The number of carbonyl (C=O) groups excluding carboxylic acids is 1. The first-order chi connectivity index (χ1) is 20.8. The zero-order valence-corrected chi connectivity index (χ0v) is 23.2. The zero-order valence-electron chi connectivity index (χ0n) is 22.4. The number of benzene rings is 3. The van der Waals surface area contributed by atoms with E-state index in [4.69, 9.17) is 0 Å². The summed E-state index contributed by atoms with van der Waals surface area (Å²) >= 11 is 1.45. The summed E-state index contributed by atoms with van der Waals surface area (Å²) in [7, 11) is 0. The molecule has 0 saturated carbocycles. The van der Waals surface area contributed by atoms with Crippen LogP contribution in [0.15, 0.2) is 84.0 Å². The van der Waals surface area contributed by atoms with E-state index in [-0.39, 0.29) is 17.3 Å². The van der Waals surface area contributed by atoms with E-state index in [2.05, 4.69) is 39.8 Å². The number of thioether (sulfide) groups is 1. The Morgan fingerprint density at radius 3 is 2.67 bits per heavy atom. The summed E-state index contributed by atoms with van der Waals surface area (Å²) in [6.45, 7) is 1.88. The van der Waals surface area contributed by atoms with Crippen LogP contribution in [0.25, 0.3) is 22.9 Å². The number of halogens is 2. The molecule has 214 valence electrons. The van der Waals surface area contributed by atoms with Crippen LogP contribution in [0.5, 0.6) is 11.5 Å². The summed E-state index contributed by atoms with van der Waals surface area (Å²) < 4.78 is 37.0. The quantitative estimate of drug-likeness (QED) is 0.114. The molecule has 3 aromatic heterocycles. The number of ether oxygens (including phenoxy) is 2. The van der Waals surface area contributed by atoms with Crippen LogP contribution in [0.4, 0.5) is 20.3 Å². The van der Waals surface area contributed by atoms with Crippen molar-refractivity contribution in [2.45, 2.75) is 24.1 Å². The number of H-pyrrole nitrogens is 1. The predicted molar refractivity (Wildman–Crippen MR) is 157 cm³/mol. The molecule has 0 saturated heterocycles. The minimum atomic E-state index is -3.69. The van der Waals surface area contributed by atoms with Crippen molar-refractivity contribution in [1.82, 2.24) is 29.5 Å². The Morgan fingerprint density at radius 2 is 1.84 bits per heavy atom. The van der Waals surface area contributed by atoms with Gasteiger partial charge in [-0.25, -0.2) is 9.97 Å². The molecule has 2 N–H and O–H groups in total. The van der Waals surface area contributed by atoms with Crippen LogP contribution in [-0.2, 0) is 5.75 Å². The molecule has 7 rings (SSSR count). The van der Waals surface area contributed by atoms with Gasteiger partial charge in [-0.2, -0.15) is 9.50 Å². The standard InChI is InChI=1S/C30H21F2N7O3S/c1-17-14-27(39-28(33-17)37-29(38-39)43-16-26-35-21-4-2-3-5-22(21)36-26)34-20-10-8-19(9-11-20)23(40)12-6-18-7-13-24-25(15-18)42-30(31,32)41-24/h2-15,34H,16H2,1H3,(H,35,36)/b12-6+. The largest absolute Gasteiger partial charge is 0.586 e. The van der Waals surface area contributed by atoms with E-state index in [1.54, 1.807) is 34.8 Å². The first-order valence-corrected chi connectivity index (χ1v) is 14.1. The Hall–Kier alpha value is -5.30. The molecule has 0 radical (unpaired) electrons. The number of ketones is 1. The van der Waals surface area contributed by atoms with Crippen LogP contribution < -0.4 is 14.8 Å². The first-order valence-electron chi connectivity index (χ1n) is 13.1. The van der Waals surface area contributed by atoms with Crippen molar-refractivity contribution >= 4 is 51.9 Å². The normalized spacial score (nSPS) is 13.7. The number of hydrogen-bond acceptors (Lipinski definition) is 9. The molecule has 0 atom stereocenters. The first kappa shape index (κ1) is 26.6. The number of rotatable bonds is 8. The predicted octanol–water partition coefficient (Wildman–Crippen LogP) is 6.56. The number of aromatic amines is 1. The lowest BCUT2D eigenvalue weighted by atomic mass is 10.1. The van der Waals surface area contributed by atoms with Crippen molar-refractivity contribution in [2.75, 3.05) is 5.32 Å². The van der Waals surface area contributed by atoms with Gasteiger partial charge in [-0.05, 0) is 67.1 Å². The van der Waals surface area contributed by atoms with Gasteiger partial charge in [-0.3, -0.25) is 4.79 Å². The highest BCUT2D eigenvalue weighted by Crippen LogP contribution is 2.41. The van der Waals surface area contributed by atoms with Crippen LogP contribution in [-0.4, -0.2) is 41.6 Å². The number of para-hydroxylation sites is 2. The minimum absolute atomic E-state index is 0.0539. The van der Waals surface area contributed by atoms with Crippen molar-refractivity contribution < 1.29 is 23.0 Å². The topological polar surface area (TPSA) is 119 Å². The molecule has 0 unspecified atom stereocenters. The monoisotopic (exact) mass is 597 g/mol. The fourth-order valence-electron chi connectivity index (χ4n) is 4.53. The second-order valence-electron chi connectivity index (χ2n) is 9.65. The molecule has 1 aliphatic rings. The molecule has 6 aromatic rings. The van der Waals surface area contributed by atoms with Gasteiger partial charge in [-0.1, -0.05) is 36.0 Å². The Labute approximate surface area is 246 Å². The SMILES string of the molecule is Cc1cc(Nc2ccc(C(=O)/C=C/c3ccc4c(c3)OC(F)(F)O4)cc2)n2nc(SCc3nc4ccccc4[nH]3)nc2n1. The Balaban J connectivity index is 1.03. The van der Waals surface area contributed by atoms with Crippen molar-refractivity contribution in [3.05, 3.63) is 102 Å². The van der Waals surface area contributed by atoms with E-state index in [1.807, 2.05) is 37.3 Å². The second kappa shape index (κ2) is 10.5. The third kappa shape index (κ3) is 5.62. The van der Waals surface area contributed by atoms with Gasteiger partial charge in [0.1, 0.15) is 11.6 Å². The molecule has 0 bridgehead atoms. The Morgan fingerprint density at radius 1 is 1.02 bits per heavy atom. The summed E-state index contributed by atoms with van der Waals surface area (Å²) in [5, 5.41) is 8.51. The molecule has 0 aliphatic carbocycles. The molecule has 1 aliphatic heterocycles. The van der Waals surface area contributed by atoms with Gasteiger partial charge in [0, 0.05) is 23.0 Å². The van der Waals surface area contributed by atoms with Crippen LogP contribution in [0.2, 0.25) is 0 Å². The highest BCUT2D eigenvalue weighted by Gasteiger charge is 2.43. The molecule has 13 heteroatoms. The van der Waals surface area contributed by atoms with Crippen LogP contribution >= 0.6 is 11.8 Å².